The molecular formula is C23H21F2N9O. The third-order valence-electron chi connectivity index (χ3n) is 5.21. The van der Waals surface area contributed by atoms with Crippen molar-refractivity contribution < 1.29 is 13.5 Å². The molecule has 35 heavy (non-hydrogen) atoms. The van der Waals surface area contributed by atoms with Gasteiger partial charge in [-0.15, -0.1) is 5.10 Å². The van der Waals surface area contributed by atoms with E-state index in [4.69, 9.17) is 4.74 Å². The van der Waals surface area contributed by atoms with Gasteiger partial charge in [0.1, 0.15) is 11.3 Å². The highest BCUT2D eigenvalue weighted by Crippen LogP contribution is 2.39. The van der Waals surface area contributed by atoms with E-state index in [0.717, 1.165) is 17.0 Å². The highest BCUT2D eigenvalue weighted by atomic mass is 19.3. The molecule has 0 unspecified atom stereocenters. The van der Waals surface area contributed by atoms with E-state index in [-0.39, 0.29) is 11.2 Å². The highest BCUT2D eigenvalue weighted by molar-refractivity contribution is 5.92. The molecule has 0 atom stereocenters. The Labute approximate surface area is 198 Å². The van der Waals surface area contributed by atoms with E-state index in [2.05, 4.69) is 40.9 Å². The lowest BCUT2D eigenvalue weighted by atomic mass is 10.1. The number of anilines is 4. The van der Waals surface area contributed by atoms with E-state index in [1.54, 1.807) is 30.0 Å². The van der Waals surface area contributed by atoms with Crippen LogP contribution < -0.4 is 15.4 Å². The Morgan fingerprint density at radius 2 is 1.86 bits per heavy atom. The van der Waals surface area contributed by atoms with Crippen molar-refractivity contribution in [3.8, 4) is 17.0 Å². The van der Waals surface area contributed by atoms with Gasteiger partial charge in [-0.25, -0.2) is 18.7 Å². The van der Waals surface area contributed by atoms with Gasteiger partial charge in [0.25, 0.3) is 6.43 Å². The number of hydrogen-bond donors (Lipinski definition) is 3. The summed E-state index contributed by atoms with van der Waals surface area (Å²) in [6.45, 7) is 1.83. The maximum Gasteiger partial charge on any atom is 0.295 e. The third kappa shape index (κ3) is 4.45. The molecule has 0 spiro atoms. The second-order valence-electron chi connectivity index (χ2n) is 7.75. The number of halogens is 2. The topological polar surface area (TPSA) is 118 Å². The molecule has 1 aromatic carbocycles. The first kappa shape index (κ1) is 22.2. The molecule has 0 aliphatic carbocycles. The Morgan fingerprint density at radius 3 is 2.54 bits per heavy atom. The van der Waals surface area contributed by atoms with Crippen molar-refractivity contribution in [3.05, 3.63) is 60.2 Å². The van der Waals surface area contributed by atoms with E-state index in [9.17, 15) is 8.78 Å². The molecule has 3 N–H and O–H groups in total. The summed E-state index contributed by atoms with van der Waals surface area (Å²) in [5.74, 6) is 0.885. The normalized spacial score (nSPS) is 11.3. The summed E-state index contributed by atoms with van der Waals surface area (Å²) in [5.41, 5.74) is 3.75. The van der Waals surface area contributed by atoms with Crippen LogP contribution >= 0.6 is 0 Å². The quantitative estimate of drug-likeness (QED) is 0.303. The first-order chi connectivity index (χ1) is 16.9. The molecule has 0 aliphatic rings. The standard InChI is InChI=1S/C23H21F2N9O/c1-12-7-8-17(32-31-12)27-18-11-16(19-22(28-18)30-23(29-19)21(24)25)26-15-6-4-5-13(20(15)35-3)14-9-10-34(2)33-14/h4-11,21H,1-3H3,(H3,26,27,28,29,30,32). The fourth-order valence-corrected chi connectivity index (χ4v) is 3.63. The average Bonchev–Trinajstić information content (AvgIpc) is 3.47. The van der Waals surface area contributed by atoms with Crippen LogP contribution in [0.4, 0.5) is 31.8 Å². The van der Waals surface area contributed by atoms with Gasteiger partial charge in [0.15, 0.2) is 23.0 Å². The summed E-state index contributed by atoms with van der Waals surface area (Å²) in [6, 6.07) is 12.6. The monoisotopic (exact) mass is 477 g/mol. The largest absolute Gasteiger partial charge is 0.494 e. The summed E-state index contributed by atoms with van der Waals surface area (Å²) in [4.78, 5) is 11.1. The molecule has 4 aromatic heterocycles. The number of imidazole rings is 1. The van der Waals surface area contributed by atoms with Crippen LogP contribution in [0.1, 0.15) is 17.9 Å². The maximum absolute atomic E-state index is 13.4. The van der Waals surface area contributed by atoms with Gasteiger partial charge in [0, 0.05) is 24.9 Å². The lowest BCUT2D eigenvalue weighted by molar-refractivity contribution is 0.142. The highest BCUT2D eigenvalue weighted by Gasteiger charge is 2.19. The van der Waals surface area contributed by atoms with Crippen LogP contribution in [0.25, 0.3) is 22.4 Å². The van der Waals surface area contributed by atoms with E-state index in [0.29, 0.717) is 28.8 Å². The van der Waals surface area contributed by atoms with Gasteiger partial charge in [-0.1, -0.05) is 6.07 Å². The SMILES string of the molecule is COc1c(Nc2cc(Nc3ccc(C)nn3)nc3[nH]c(C(F)F)nc23)cccc1-c1ccn(C)n1. The Balaban J connectivity index is 1.59. The number of benzene rings is 1. The van der Waals surface area contributed by atoms with Crippen molar-refractivity contribution in [2.45, 2.75) is 13.3 Å². The first-order valence-electron chi connectivity index (χ1n) is 10.6. The van der Waals surface area contributed by atoms with Crippen molar-refractivity contribution >= 4 is 34.2 Å². The first-order valence-corrected chi connectivity index (χ1v) is 10.6. The number of alkyl halides is 2. The predicted octanol–water partition coefficient (Wildman–Crippen LogP) is 4.89. The molecule has 4 heterocycles. The number of aromatic amines is 1. The number of aromatic nitrogens is 7. The minimum Gasteiger partial charge on any atom is -0.494 e. The van der Waals surface area contributed by atoms with Crippen molar-refractivity contribution in [2.75, 3.05) is 17.7 Å². The summed E-state index contributed by atoms with van der Waals surface area (Å²) in [5, 5.41) is 18.9. The van der Waals surface area contributed by atoms with E-state index < -0.39 is 12.2 Å². The number of aryl methyl sites for hydroxylation is 2. The minimum absolute atomic E-state index is 0.188. The summed E-state index contributed by atoms with van der Waals surface area (Å²) in [6.07, 6.45) is -0.943. The van der Waals surface area contributed by atoms with E-state index >= 15 is 0 Å². The molecule has 12 heteroatoms. The van der Waals surface area contributed by atoms with Gasteiger partial charge >= 0.3 is 0 Å². The molecule has 5 aromatic rings. The number of nitrogens with one attached hydrogen (secondary N) is 3. The van der Waals surface area contributed by atoms with Crippen LogP contribution in [0.2, 0.25) is 0 Å². The number of para-hydroxylation sites is 1. The number of pyridine rings is 1. The fraction of sp³-hybridized carbons (Fsp3) is 0.174. The zero-order valence-corrected chi connectivity index (χ0v) is 19.0. The second-order valence-corrected chi connectivity index (χ2v) is 7.75. The fourth-order valence-electron chi connectivity index (χ4n) is 3.63. The Kier molecular flexibility index (Phi) is 5.69. The zero-order chi connectivity index (χ0) is 24.5. The van der Waals surface area contributed by atoms with Crippen LogP contribution in [0.5, 0.6) is 5.75 Å². The second kappa shape index (κ2) is 8.97. The number of nitrogens with zero attached hydrogens (tertiary/aromatic N) is 6. The predicted molar refractivity (Wildman–Crippen MR) is 127 cm³/mol. The molecule has 10 nitrogen and oxygen atoms in total. The molecule has 178 valence electrons. The number of rotatable bonds is 7. The molecule has 0 fully saturated rings. The molecule has 0 saturated heterocycles. The smallest absolute Gasteiger partial charge is 0.295 e. The Morgan fingerprint density at radius 1 is 1.00 bits per heavy atom. The average molecular weight is 477 g/mol. The lowest BCUT2D eigenvalue weighted by Crippen LogP contribution is -2.02. The van der Waals surface area contributed by atoms with Gasteiger partial charge in [0.2, 0.25) is 0 Å². The van der Waals surface area contributed by atoms with E-state index in [1.807, 2.05) is 44.4 Å². The minimum atomic E-state index is -2.78. The van der Waals surface area contributed by atoms with Crippen LogP contribution in [-0.2, 0) is 7.05 Å². The molecule has 0 amide bonds. The van der Waals surface area contributed by atoms with Crippen LogP contribution in [-0.4, -0.2) is 42.0 Å². The van der Waals surface area contributed by atoms with Crippen LogP contribution in [0, 0.1) is 6.92 Å². The van der Waals surface area contributed by atoms with Crippen molar-refractivity contribution in [1.29, 1.82) is 0 Å². The number of ether oxygens (including phenoxy) is 1. The molecule has 0 bridgehead atoms. The van der Waals surface area contributed by atoms with E-state index in [1.165, 1.54) is 0 Å². The van der Waals surface area contributed by atoms with Gasteiger partial charge in [-0.05, 0) is 37.3 Å². The third-order valence-corrected chi connectivity index (χ3v) is 5.21. The summed E-state index contributed by atoms with van der Waals surface area (Å²) < 4.78 is 34.2. The van der Waals surface area contributed by atoms with Crippen molar-refractivity contribution in [3.63, 3.8) is 0 Å². The number of fused-ring (bicyclic) bond motifs is 1. The molecule has 5 rings (SSSR count). The Bertz CT molecular complexity index is 1500. The van der Waals surface area contributed by atoms with Crippen LogP contribution in [0.3, 0.4) is 0 Å². The Hall–Kier alpha value is -4.61. The molecule has 0 saturated carbocycles. The zero-order valence-electron chi connectivity index (χ0n) is 19.0. The number of methoxy groups -OCH3 is 1. The van der Waals surface area contributed by atoms with Crippen molar-refractivity contribution in [1.82, 2.24) is 34.9 Å². The number of hydrogen-bond acceptors (Lipinski definition) is 8. The van der Waals surface area contributed by atoms with Gasteiger partial charge in [-0.2, -0.15) is 10.2 Å². The van der Waals surface area contributed by atoms with Gasteiger partial charge in [0.05, 0.1) is 29.9 Å². The molecule has 0 radical (unpaired) electrons. The summed E-state index contributed by atoms with van der Waals surface area (Å²) >= 11 is 0. The van der Waals surface area contributed by atoms with Crippen LogP contribution in [0.15, 0.2) is 48.7 Å². The molecule has 0 aliphatic heterocycles. The maximum atomic E-state index is 13.4. The number of H-pyrrole nitrogens is 1. The van der Waals surface area contributed by atoms with Crippen molar-refractivity contribution in [2.24, 2.45) is 7.05 Å². The lowest BCUT2D eigenvalue weighted by Gasteiger charge is -2.15. The van der Waals surface area contributed by atoms with Gasteiger partial charge in [-0.3, -0.25) is 4.68 Å². The summed E-state index contributed by atoms with van der Waals surface area (Å²) in [7, 11) is 3.39. The molecular weight excluding hydrogens is 456 g/mol. The van der Waals surface area contributed by atoms with Gasteiger partial charge < -0.3 is 20.4 Å².